The summed E-state index contributed by atoms with van der Waals surface area (Å²) in [5.74, 6) is -1.40. The number of hydrogen-bond acceptors (Lipinski definition) is 6. The standard InChI is InChI=1S/C24H18F3N3O5/c1-15-21(31)30(17-7-9-19(10-8-17)35-24(25,26)27)23(33)29(15)14-16-11-12-28-13-20(16)22(32)34-18-5-3-2-4-6-18/h2-13,15H,14H2,1H3. The van der Waals surface area contributed by atoms with Crippen LogP contribution in [0, 0.1) is 0 Å². The second kappa shape index (κ2) is 9.45. The molecule has 1 aliphatic heterocycles. The first-order valence-electron chi connectivity index (χ1n) is 10.3. The van der Waals surface area contributed by atoms with Crippen molar-refractivity contribution in [3.63, 3.8) is 0 Å². The highest BCUT2D eigenvalue weighted by Crippen LogP contribution is 2.30. The monoisotopic (exact) mass is 485 g/mol. The van der Waals surface area contributed by atoms with Gasteiger partial charge in [0, 0.05) is 18.9 Å². The molecule has 11 heteroatoms. The number of benzene rings is 2. The minimum Gasteiger partial charge on any atom is -0.423 e. The molecule has 180 valence electrons. The normalized spacial score (nSPS) is 15.9. The van der Waals surface area contributed by atoms with E-state index in [1.165, 1.54) is 42.4 Å². The Morgan fingerprint density at radius 2 is 1.69 bits per heavy atom. The first-order valence-corrected chi connectivity index (χ1v) is 10.3. The summed E-state index contributed by atoms with van der Waals surface area (Å²) in [5, 5.41) is 0. The van der Waals surface area contributed by atoms with Gasteiger partial charge in [-0.2, -0.15) is 0 Å². The molecular weight excluding hydrogens is 467 g/mol. The van der Waals surface area contributed by atoms with Gasteiger partial charge in [0.15, 0.2) is 0 Å². The Labute approximate surface area is 197 Å². The predicted molar refractivity (Wildman–Crippen MR) is 117 cm³/mol. The number of para-hydroxylation sites is 1. The number of halogens is 3. The van der Waals surface area contributed by atoms with Crippen molar-refractivity contribution < 1.29 is 37.0 Å². The molecule has 8 nitrogen and oxygen atoms in total. The Kier molecular flexibility index (Phi) is 6.41. The average molecular weight is 485 g/mol. The van der Waals surface area contributed by atoms with Crippen molar-refractivity contribution in [3.8, 4) is 11.5 Å². The number of pyridine rings is 1. The average Bonchev–Trinajstić information content (AvgIpc) is 3.03. The fourth-order valence-electron chi connectivity index (χ4n) is 3.53. The molecule has 0 radical (unpaired) electrons. The van der Waals surface area contributed by atoms with Gasteiger partial charge in [-0.15, -0.1) is 13.2 Å². The van der Waals surface area contributed by atoms with Gasteiger partial charge < -0.3 is 14.4 Å². The first kappa shape index (κ1) is 23.7. The van der Waals surface area contributed by atoms with E-state index < -0.39 is 36.1 Å². The lowest BCUT2D eigenvalue weighted by atomic mass is 10.1. The highest BCUT2D eigenvalue weighted by Gasteiger charge is 2.43. The van der Waals surface area contributed by atoms with E-state index in [9.17, 15) is 27.6 Å². The van der Waals surface area contributed by atoms with E-state index in [1.54, 1.807) is 30.3 Å². The van der Waals surface area contributed by atoms with Gasteiger partial charge in [-0.05, 0) is 55.0 Å². The smallest absolute Gasteiger partial charge is 0.423 e. The molecule has 2 heterocycles. The maximum Gasteiger partial charge on any atom is 0.573 e. The van der Waals surface area contributed by atoms with E-state index in [1.807, 2.05) is 0 Å². The van der Waals surface area contributed by atoms with Gasteiger partial charge >= 0.3 is 18.4 Å². The Morgan fingerprint density at radius 3 is 2.34 bits per heavy atom. The number of imide groups is 1. The molecule has 0 N–H and O–H groups in total. The summed E-state index contributed by atoms with van der Waals surface area (Å²) >= 11 is 0. The van der Waals surface area contributed by atoms with Crippen LogP contribution in [0.5, 0.6) is 11.5 Å². The molecule has 0 bridgehead atoms. The number of amides is 3. The summed E-state index contributed by atoms with van der Waals surface area (Å²) in [6.07, 6.45) is -2.11. The highest BCUT2D eigenvalue weighted by atomic mass is 19.4. The van der Waals surface area contributed by atoms with E-state index >= 15 is 0 Å². The number of esters is 1. The molecule has 0 spiro atoms. The molecule has 0 aliphatic carbocycles. The van der Waals surface area contributed by atoms with Gasteiger partial charge in [-0.25, -0.2) is 14.5 Å². The summed E-state index contributed by atoms with van der Waals surface area (Å²) in [5.41, 5.74) is 0.614. The lowest BCUT2D eigenvalue weighted by Gasteiger charge is -2.20. The number of rotatable bonds is 6. The Balaban J connectivity index is 1.54. The number of aromatic nitrogens is 1. The van der Waals surface area contributed by atoms with Crippen LogP contribution in [-0.2, 0) is 11.3 Å². The van der Waals surface area contributed by atoms with Crippen LogP contribution in [0.3, 0.4) is 0 Å². The molecule has 3 amide bonds. The zero-order valence-electron chi connectivity index (χ0n) is 18.2. The van der Waals surface area contributed by atoms with Crippen LogP contribution < -0.4 is 14.4 Å². The molecule has 1 atom stereocenters. The van der Waals surface area contributed by atoms with E-state index in [0.29, 0.717) is 11.3 Å². The Hall–Kier alpha value is -4.41. The summed E-state index contributed by atoms with van der Waals surface area (Å²) in [4.78, 5) is 44.7. The van der Waals surface area contributed by atoms with Crippen LogP contribution in [-0.4, -0.2) is 40.2 Å². The fraction of sp³-hybridized carbons (Fsp3) is 0.167. The molecule has 0 saturated carbocycles. The zero-order chi connectivity index (χ0) is 25.2. The quantitative estimate of drug-likeness (QED) is 0.289. The highest BCUT2D eigenvalue weighted by molar-refractivity contribution is 6.21. The molecule has 1 fully saturated rings. The van der Waals surface area contributed by atoms with Crippen molar-refractivity contribution in [1.29, 1.82) is 0 Å². The largest absolute Gasteiger partial charge is 0.573 e. The molecule has 3 aromatic rings. The Bertz CT molecular complexity index is 1250. The number of carbonyl (C=O) groups excluding carboxylic acids is 3. The summed E-state index contributed by atoms with van der Waals surface area (Å²) in [7, 11) is 0. The van der Waals surface area contributed by atoms with Gasteiger partial charge in [-0.1, -0.05) is 18.2 Å². The summed E-state index contributed by atoms with van der Waals surface area (Å²) < 4.78 is 46.4. The number of ether oxygens (including phenoxy) is 2. The molecule has 1 unspecified atom stereocenters. The number of carbonyl (C=O) groups is 3. The van der Waals surface area contributed by atoms with Gasteiger partial charge in [0.05, 0.1) is 11.3 Å². The van der Waals surface area contributed by atoms with E-state index in [4.69, 9.17) is 4.74 Å². The molecule has 1 saturated heterocycles. The molecular formula is C24H18F3N3O5. The van der Waals surface area contributed by atoms with Crippen molar-refractivity contribution in [2.45, 2.75) is 25.9 Å². The lowest BCUT2D eigenvalue weighted by Crippen LogP contribution is -2.34. The maximum absolute atomic E-state index is 13.1. The fourth-order valence-corrected chi connectivity index (χ4v) is 3.53. The van der Waals surface area contributed by atoms with Crippen LogP contribution >= 0.6 is 0 Å². The number of anilines is 1. The molecule has 4 rings (SSSR count). The van der Waals surface area contributed by atoms with Gasteiger partial charge in [0.1, 0.15) is 17.5 Å². The first-order chi connectivity index (χ1) is 16.6. The van der Waals surface area contributed by atoms with E-state index in [2.05, 4.69) is 9.72 Å². The van der Waals surface area contributed by atoms with E-state index in [-0.39, 0.29) is 17.8 Å². The van der Waals surface area contributed by atoms with Crippen LogP contribution in [0.1, 0.15) is 22.8 Å². The molecule has 35 heavy (non-hydrogen) atoms. The van der Waals surface area contributed by atoms with Crippen LogP contribution in [0.2, 0.25) is 0 Å². The van der Waals surface area contributed by atoms with Gasteiger partial charge in [0.25, 0.3) is 5.91 Å². The Morgan fingerprint density at radius 1 is 1.00 bits per heavy atom. The molecule has 1 aromatic heterocycles. The predicted octanol–water partition coefficient (Wildman–Crippen LogP) is 4.56. The molecule has 2 aromatic carbocycles. The number of hydrogen-bond donors (Lipinski definition) is 0. The third kappa shape index (κ3) is 5.24. The summed E-state index contributed by atoms with van der Waals surface area (Å²) in [6.45, 7) is 1.42. The van der Waals surface area contributed by atoms with Crippen molar-refractivity contribution in [2.24, 2.45) is 0 Å². The van der Waals surface area contributed by atoms with Gasteiger partial charge in [-0.3, -0.25) is 9.78 Å². The minimum absolute atomic E-state index is 0.0855. The van der Waals surface area contributed by atoms with Crippen LogP contribution in [0.15, 0.2) is 73.1 Å². The second-order valence-electron chi connectivity index (χ2n) is 7.54. The van der Waals surface area contributed by atoms with Crippen molar-refractivity contribution in [1.82, 2.24) is 9.88 Å². The van der Waals surface area contributed by atoms with Crippen molar-refractivity contribution in [3.05, 3.63) is 84.2 Å². The van der Waals surface area contributed by atoms with Gasteiger partial charge in [0.2, 0.25) is 0 Å². The van der Waals surface area contributed by atoms with Crippen LogP contribution in [0.25, 0.3) is 0 Å². The summed E-state index contributed by atoms with van der Waals surface area (Å²) in [6, 6.07) is 12.8. The third-order valence-electron chi connectivity index (χ3n) is 5.24. The van der Waals surface area contributed by atoms with Crippen molar-refractivity contribution >= 4 is 23.6 Å². The molecule has 1 aliphatic rings. The zero-order valence-corrected chi connectivity index (χ0v) is 18.2. The maximum atomic E-state index is 13.1. The topological polar surface area (TPSA) is 89.0 Å². The lowest BCUT2D eigenvalue weighted by molar-refractivity contribution is -0.274. The van der Waals surface area contributed by atoms with Crippen LogP contribution in [0.4, 0.5) is 23.7 Å². The third-order valence-corrected chi connectivity index (χ3v) is 5.24. The van der Waals surface area contributed by atoms with Crippen molar-refractivity contribution in [2.75, 3.05) is 4.90 Å². The minimum atomic E-state index is -4.87. The number of nitrogens with zero attached hydrogens (tertiary/aromatic N) is 3. The SMILES string of the molecule is CC1C(=O)N(c2ccc(OC(F)(F)F)cc2)C(=O)N1Cc1ccncc1C(=O)Oc1ccccc1. The van der Waals surface area contributed by atoms with E-state index in [0.717, 1.165) is 17.0 Å². The second-order valence-corrected chi connectivity index (χ2v) is 7.54. The number of urea groups is 1. The number of alkyl halides is 3.